The van der Waals surface area contributed by atoms with Gasteiger partial charge in [0.05, 0.1) is 0 Å². The molecule has 1 aliphatic rings. The summed E-state index contributed by atoms with van der Waals surface area (Å²) in [5.74, 6) is 0.754. The lowest BCUT2D eigenvalue weighted by atomic mass is 9.93. The van der Waals surface area contributed by atoms with E-state index in [-0.39, 0.29) is 0 Å². The predicted octanol–water partition coefficient (Wildman–Crippen LogP) is 3.68. The van der Waals surface area contributed by atoms with Crippen LogP contribution in [0.3, 0.4) is 0 Å². The van der Waals surface area contributed by atoms with Gasteiger partial charge >= 0.3 is 0 Å². The van der Waals surface area contributed by atoms with E-state index >= 15 is 0 Å². The van der Waals surface area contributed by atoms with Gasteiger partial charge in [-0.25, -0.2) is 0 Å². The Balaban J connectivity index is 2.88. The number of hydrogen-bond acceptors (Lipinski definition) is 0. The molecule has 1 atom stereocenters. The molecule has 0 bridgehead atoms. The molecule has 0 N–H and O–H groups in total. The molecule has 0 spiro atoms. The van der Waals surface area contributed by atoms with Crippen LogP contribution in [0.5, 0.6) is 0 Å². The standard InChI is InChI=1S/C9H13I/c1-6-4-8(3)9(10)5-7(6)2/h5,8H,4H2,1-3H3. The molecule has 0 nitrogen and oxygen atoms in total. The number of hydrogen-bond donors (Lipinski definition) is 0. The molecule has 56 valence electrons. The van der Waals surface area contributed by atoms with E-state index in [2.05, 4.69) is 49.4 Å². The predicted molar refractivity (Wildman–Crippen MR) is 54.3 cm³/mol. The van der Waals surface area contributed by atoms with Gasteiger partial charge in [0, 0.05) is 0 Å². The van der Waals surface area contributed by atoms with Crippen LogP contribution in [0.15, 0.2) is 20.8 Å². The highest BCUT2D eigenvalue weighted by atomic mass is 127. The fraction of sp³-hybridized carbons (Fsp3) is 0.556. The molecule has 0 aromatic rings. The molecule has 0 radical (unpaired) electrons. The van der Waals surface area contributed by atoms with Crippen molar-refractivity contribution in [3.8, 4) is 0 Å². The molecule has 0 aromatic heterocycles. The van der Waals surface area contributed by atoms with Crippen LogP contribution in [0, 0.1) is 5.92 Å². The third-order valence-corrected chi connectivity index (χ3v) is 3.49. The van der Waals surface area contributed by atoms with Crippen LogP contribution >= 0.6 is 22.6 Å². The van der Waals surface area contributed by atoms with Gasteiger partial charge in [-0.15, -0.1) is 0 Å². The lowest BCUT2D eigenvalue weighted by molar-refractivity contribution is 0.695. The van der Waals surface area contributed by atoms with Crippen molar-refractivity contribution in [3.05, 3.63) is 20.8 Å². The average Bonchev–Trinajstić information content (AvgIpc) is 1.84. The first-order valence-electron chi connectivity index (χ1n) is 3.64. The Morgan fingerprint density at radius 2 is 2.10 bits per heavy atom. The Hall–Kier alpha value is 0.210. The lowest BCUT2D eigenvalue weighted by Crippen LogP contribution is -2.01. The maximum atomic E-state index is 2.43. The van der Waals surface area contributed by atoms with Crippen LogP contribution in [0.2, 0.25) is 0 Å². The zero-order valence-electron chi connectivity index (χ0n) is 6.74. The van der Waals surface area contributed by atoms with Crippen molar-refractivity contribution in [2.45, 2.75) is 27.2 Å². The molecule has 1 heteroatoms. The zero-order valence-corrected chi connectivity index (χ0v) is 8.90. The SMILES string of the molecule is CC1=C(C)CC(C)C(I)=C1. The van der Waals surface area contributed by atoms with Gasteiger partial charge < -0.3 is 0 Å². The quantitative estimate of drug-likeness (QED) is 0.573. The molecule has 0 heterocycles. The van der Waals surface area contributed by atoms with Crippen LogP contribution in [-0.4, -0.2) is 0 Å². The molecule has 1 unspecified atom stereocenters. The Kier molecular flexibility index (Phi) is 2.55. The molecule has 0 aliphatic heterocycles. The third kappa shape index (κ3) is 1.62. The second kappa shape index (κ2) is 3.07. The Labute approximate surface area is 76.5 Å². The number of allylic oxidation sites excluding steroid dienone is 4. The summed E-state index contributed by atoms with van der Waals surface area (Å²) in [5.41, 5.74) is 3.01. The maximum Gasteiger partial charge on any atom is -0.00600 e. The first kappa shape index (κ1) is 8.31. The van der Waals surface area contributed by atoms with Crippen LogP contribution in [0.25, 0.3) is 0 Å². The van der Waals surface area contributed by atoms with Gasteiger partial charge in [-0.1, -0.05) is 18.1 Å². The highest BCUT2D eigenvalue weighted by Gasteiger charge is 2.12. The summed E-state index contributed by atoms with van der Waals surface area (Å²) < 4.78 is 1.50. The van der Waals surface area contributed by atoms with Crippen LogP contribution in [0.1, 0.15) is 27.2 Å². The molecule has 0 fully saturated rings. The van der Waals surface area contributed by atoms with Crippen molar-refractivity contribution in [1.82, 2.24) is 0 Å². The van der Waals surface area contributed by atoms with Crippen LogP contribution < -0.4 is 0 Å². The second-order valence-corrected chi connectivity index (χ2v) is 4.34. The molecule has 0 saturated carbocycles. The van der Waals surface area contributed by atoms with Gasteiger partial charge in [0.1, 0.15) is 0 Å². The van der Waals surface area contributed by atoms with E-state index in [9.17, 15) is 0 Å². The van der Waals surface area contributed by atoms with Crippen LogP contribution in [0.4, 0.5) is 0 Å². The number of halogens is 1. The highest BCUT2D eigenvalue weighted by Crippen LogP contribution is 2.31. The van der Waals surface area contributed by atoms with E-state index in [1.807, 2.05) is 0 Å². The summed E-state index contributed by atoms with van der Waals surface area (Å²) >= 11 is 2.43. The average molecular weight is 248 g/mol. The lowest BCUT2D eigenvalue weighted by Gasteiger charge is -2.18. The smallest absolute Gasteiger partial charge is 0.00600 e. The fourth-order valence-electron chi connectivity index (χ4n) is 1.19. The minimum absolute atomic E-state index is 0.754. The normalized spacial score (nSPS) is 26.8. The fourth-order valence-corrected chi connectivity index (χ4v) is 1.88. The topological polar surface area (TPSA) is 0 Å². The van der Waals surface area contributed by atoms with Crippen molar-refractivity contribution in [3.63, 3.8) is 0 Å². The molecule has 1 aliphatic carbocycles. The molecule has 0 amide bonds. The molecule has 1 rings (SSSR count). The Bertz CT molecular complexity index is 199. The van der Waals surface area contributed by atoms with E-state index in [4.69, 9.17) is 0 Å². The summed E-state index contributed by atoms with van der Waals surface area (Å²) in [6, 6.07) is 0. The molecule has 0 saturated heterocycles. The van der Waals surface area contributed by atoms with E-state index < -0.39 is 0 Å². The second-order valence-electron chi connectivity index (χ2n) is 3.10. The van der Waals surface area contributed by atoms with Crippen molar-refractivity contribution < 1.29 is 0 Å². The van der Waals surface area contributed by atoms with E-state index in [0.29, 0.717) is 0 Å². The molecule has 10 heavy (non-hydrogen) atoms. The summed E-state index contributed by atoms with van der Waals surface area (Å²) in [4.78, 5) is 0. The van der Waals surface area contributed by atoms with E-state index in [1.165, 1.54) is 15.6 Å². The minimum Gasteiger partial charge on any atom is -0.0698 e. The highest BCUT2D eigenvalue weighted by molar-refractivity contribution is 14.1. The van der Waals surface area contributed by atoms with Gasteiger partial charge in [-0.3, -0.25) is 0 Å². The number of rotatable bonds is 0. The van der Waals surface area contributed by atoms with Gasteiger partial charge in [-0.2, -0.15) is 0 Å². The minimum atomic E-state index is 0.754. The molecular formula is C9H13I. The first-order chi connectivity index (χ1) is 4.61. The van der Waals surface area contributed by atoms with Crippen molar-refractivity contribution in [2.24, 2.45) is 5.92 Å². The van der Waals surface area contributed by atoms with E-state index in [0.717, 1.165) is 5.92 Å². The Morgan fingerprint density at radius 3 is 2.60 bits per heavy atom. The molecule has 0 aromatic carbocycles. The summed E-state index contributed by atoms with van der Waals surface area (Å²) in [6.45, 7) is 6.71. The van der Waals surface area contributed by atoms with Gasteiger partial charge in [0.25, 0.3) is 0 Å². The Morgan fingerprint density at radius 1 is 1.50 bits per heavy atom. The zero-order chi connectivity index (χ0) is 7.72. The van der Waals surface area contributed by atoms with Crippen molar-refractivity contribution in [2.75, 3.05) is 0 Å². The monoisotopic (exact) mass is 248 g/mol. The van der Waals surface area contributed by atoms with Gasteiger partial charge in [0.2, 0.25) is 0 Å². The maximum absolute atomic E-state index is 2.43. The van der Waals surface area contributed by atoms with E-state index in [1.54, 1.807) is 5.57 Å². The van der Waals surface area contributed by atoms with Gasteiger partial charge in [-0.05, 0) is 58.4 Å². The van der Waals surface area contributed by atoms with Crippen molar-refractivity contribution in [1.29, 1.82) is 0 Å². The molecular weight excluding hydrogens is 235 g/mol. The third-order valence-electron chi connectivity index (χ3n) is 2.11. The summed E-state index contributed by atoms with van der Waals surface area (Å²) in [7, 11) is 0. The van der Waals surface area contributed by atoms with Crippen molar-refractivity contribution >= 4 is 22.6 Å². The largest absolute Gasteiger partial charge is 0.0698 e. The summed E-state index contributed by atoms with van der Waals surface area (Å²) in [6.07, 6.45) is 3.55. The van der Waals surface area contributed by atoms with Crippen LogP contribution in [-0.2, 0) is 0 Å². The van der Waals surface area contributed by atoms with Gasteiger partial charge in [0.15, 0.2) is 0 Å². The summed E-state index contributed by atoms with van der Waals surface area (Å²) in [5, 5.41) is 0. The first-order valence-corrected chi connectivity index (χ1v) is 4.72.